The molecule has 0 aromatic heterocycles. The lowest BCUT2D eigenvalue weighted by molar-refractivity contribution is 0.164. The van der Waals surface area contributed by atoms with Gasteiger partial charge in [0.15, 0.2) is 0 Å². The minimum atomic E-state index is -3.60. The van der Waals surface area contributed by atoms with Crippen molar-refractivity contribution in [2.45, 2.75) is 4.90 Å². The number of sulfonamides is 1. The SMILES string of the molecule is O=C(Nc1ccc(Cl)cc1)OCCNS(=O)(=O)c1ccccc1. The molecule has 2 rings (SSSR count). The van der Waals surface area contributed by atoms with E-state index >= 15 is 0 Å². The molecule has 0 aliphatic heterocycles. The lowest BCUT2D eigenvalue weighted by atomic mass is 10.3. The number of rotatable bonds is 6. The highest BCUT2D eigenvalue weighted by molar-refractivity contribution is 7.89. The number of carbonyl (C=O) groups excluding carboxylic acids is 1. The molecule has 0 fully saturated rings. The second-order valence-electron chi connectivity index (χ2n) is 4.48. The first-order chi connectivity index (χ1) is 11.0. The van der Waals surface area contributed by atoms with Crippen molar-refractivity contribution in [2.75, 3.05) is 18.5 Å². The molecule has 0 heterocycles. The molecule has 0 unspecified atom stereocenters. The van der Waals surface area contributed by atoms with Gasteiger partial charge in [0.25, 0.3) is 0 Å². The number of nitrogens with one attached hydrogen (secondary N) is 2. The van der Waals surface area contributed by atoms with Crippen molar-refractivity contribution in [1.29, 1.82) is 0 Å². The van der Waals surface area contributed by atoms with E-state index in [1.807, 2.05) is 0 Å². The maximum absolute atomic E-state index is 11.9. The second-order valence-corrected chi connectivity index (χ2v) is 6.68. The molecule has 6 nitrogen and oxygen atoms in total. The summed E-state index contributed by atoms with van der Waals surface area (Å²) < 4.78 is 31.1. The van der Waals surface area contributed by atoms with Gasteiger partial charge < -0.3 is 4.74 Å². The number of hydrogen-bond acceptors (Lipinski definition) is 4. The van der Waals surface area contributed by atoms with Crippen LogP contribution in [0.3, 0.4) is 0 Å². The monoisotopic (exact) mass is 354 g/mol. The number of halogens is 1. The molecule has 0 saturated heterocycles. The van der Waals surface area contributed by atoms with E-state index in [2.05, 4.69) is 10.0 Å². The molecule has 0 aliphatic rings. The van der Waals surface area contributed by atoms with Crippen molar-refractivity contribution in [2.24, 2.45) is 0 Å². The summed E-state index contributed by atoms with van der Waals surface area (Å²) >= 11 is 5.73. The van der Waals surface area contributed by atoms with Gasteiger partial charge in [-0.25, -0.2) is 17.9 Å². The largest absolute Gasteiger partial charge is 0.448 e. The number of ether oxygens (including phenoxy) is 1. The van der Waals surface area contributed by atoms with Crippen LogP contribution in [0.4, 0.5) is 10.5 Å². The topological polar surface area (TPSA) is 84.5 Å². The lowest BCUT2D eigenvalue weighted by Gasteiger charge is -2.08. The third kappa shape index (κ3) is 5.55. The molecule has 2 N–H and O–H groups in total. The van der Waals surface area contributed by atoms with Gasteiger partial charge in [-0.1, -0.05) is 29.8 Å². The first-order valence-electron chi connectivity index (χ1n) is 6.71. The minimum Gasteiger partial charge on any atom is -0.448 e. The molecule has 8 heteroatoms. The van der Waals surface area contributed by atoms with Crippen molar-refractivity contribution in [3.63, 3.8) is 0 Å². The third-order valence-electron chi connectivity index (χ3n) is 2.77. The third-order valence-corrected chi connectivity index (χ3v) is 4.50. The summed E-state index contributed by atoms with van der Waals surface area (Å²) in [6.07, 6.45) is -0.675. The van der Waals surface area contributed by atoms with Crippen LogP contribution in [0, 0.1) is 0 Å². The van der Waals surface area contributed by atoms with Gasteiger partial charge in [0.1, 0.15) is 6.61 Å². The van der Waals surface area contributed by atoms with Crippen LogP contribution in [-0.4, -0.2) is 27.7 Å². The molecule has 0 spiro atoms. The minimum absolute atomic E-state index is 0.0226. The first kappa shape index (κ1) is 17.3. The van der Waals surface area contributed by atoms with Crippen LogP contribution in [0.1, 0.15) is 0 Å². The molecule has 1 amide bonds. The molecular weight excluding hydrogens is 340 g/mol. The van der Waals surface area contributed by atoms with Crippen LogP contribution in [0.15, 0.2) is 59.5 Å². The summed E-state index contributed by atoms with van der Waals surface area (Å²) in [5.74, 6) is 0. The second kappa shape index (κ2) is 7.96. The first-order valence-corrected chi connectivity index (χ1v) is 8.57. The van der Waals surface area contributed by atoms with Crippen molar-refractivity contribution in [1.82, 2.24) is 4.72 Å². The van der Waals surface area contributed by atoms with Gasteiger partial charge in [-0.15, -0.1) is 0 Å². The van der Waals surface area contributed by atoms with E-state index in [1.54, 1.807) is 42.5 Å². The van der Waals surface area contributed by atoms with Crippen LogP contribution in [0.5, 0.6) is 0 Å². The molecule has 0 bridgehead atoms. The van der Waals surface area contributed by atoms with Gasteiger partial charge in [0, 0.05) is 17.3 Å². The molecule has 0 radical (unpaired) electrons. The Bertz CT molecular complexity index is 749. The zero-order valence-corrected chi connectivity index (χ0v) is 13.6. The fourth-order valence-corrected chi connectivity index (χ4v) is 2.85. The summed E-state index contributed by atoms with van der Waals surface area (Å²) in [7, 11) is -3.60. The molecule has 0 saturated carbocycles. The number of benzene rings is 2. The fraction of sp³-hybridized carbons (Fsp3) is 0.133. The van der Waals surface area contributed by atoms with E-state index in [0.717, 1.165) is 0 Å². The Morgan fingerprint density at radius 2 is 1.70 bits per heavy atom. The lowest BCUT2D eigenvalue weighted by Crippen LogP contribution is -2.29. The van der Waals surface area contributed by atoms with Crippen LogP contribution in [0.2, 0.25) is 5.02 Å². The van der Waals surface area contributed by atoms with Gasteiger partial charge >= 0.3 is 6.09 Å². The van der Waals surface area contributed by atoms with E-state index < -0.39 is 16.1 Å². The summed E-state index contributed by atoms with van der Waals surface area (Å²) in [4.78, 5) is 11.7. The van der Waals surface area contributed by atoms with E-state index in [9.17, 15) is 13.2 Å². The quantitative estimate of drug-likeness (QED) is 0.781. The maximum Gasteiger partial charge on any atom is 0.411 e. The number of hydrogen-bond donors (Lipinski definition) is 2. The van der Waals surface area contributed by atoms with Crippen molar-refractivity contribution in [3.8, 4) is 0 Å². The van der Waals surface area contributed by atoms with E-state index in [0.29, 0.717) is 10.7 Å². The Morgan fingerprint density at radius 1 is 1.04 bits per heavy atom. The van der Waals surface area contributed by atoms with Crippen LogP contribution in [0.25, 0.3) is 0 Å². The Balaban J connectivity index is 1.75. The van der Waals surface area contributed by atoms with Gasteiger partial charge in [0.2, 0.25) is 10.0 Å². The molecular formula is C15H15ClN2O4S. The van der Waals surface area contributed by atoms with Crippen molar-refractivity contribution < 1.29 is 17.9 Å². The van der Waals surface area contributed by atoms with Crippen LogP contribution < -0.4 is 10.0 Å². The fourth-order valence-electron chi connectivity index (χ4n) is 1.69. The Kier molecular flexibility index (Phi) is 5.97. The molecule has 122 valence electrons. The highest BCUT2D eigenvalue weighted by Gasteiger charge is 2.12. The average molecular weight is 355 g/mol. The highest BCUT2D eigenvalue weighted by atomic mass is 35.5. The smallest absolute Gasteiger partial charge is 0.411 e. The van der Waals surface area contributed by atoms with Crippen LogP contribution in [-0.2, 0) is 14.8 Å². The zero-order chi connectivity index (χ0) is 16.7. The predicted molar refractivity (Wildman–Crippen MR) is 88.1 cm³/mol. The number of amides is 1. The predicted octanol–water partition coefficient (Wildman–Crippen LogP) is 2.87. The summed E-state index contributed by atoms with van der Waals surface area (Å²) in [5, 5.41) is 3.06. The van der Waals surface area contributed by atoms with E-state index in [4.69, 9.17) is 16.3 Å². The van der Waals surface area contributed by atoms with E-state index in [-0.39, 0.29) is 18.0 Å². The molecule has 2 aromatic carbocycles. The van der Waals surface area contributed by atoms with Gasteiger partial charge in [-0.2, -0.15) is 0 Å². The number of carbonyl (C=O) groups is 1. The Labute approximate surface area is 139 Å². The molecule has 2 aromatic rings. The van der Waals surface area contributed by atoms with Crippen LogP contribution >= 0.6 is 11.6 Å². The summed E-state index contributed by atoms with van der Waals surface area (Å²) in [6, 6.07) is 14.5. The molecule has 0 aliphatic carbocycles. The molecule has 0 atom stereocenters. The van der Waals surface area contributed by atoms with Gasteiger partial charge in [-0.3, -0.25) is 5.32 Å². The van der Waals surface area contributed by atoms with Crippen molar-refractivity contribution in [3.05, 3.63) is 59.6 Å². The highest BCUT2D eigenvalue weighted by Crippen LogP contribution is 2.13. The average Bonchev–Trinajstić information content (AvgIpc) is 2.55. The molecule has 23 heavy (non-hydrogen) atoms. The Morgan fingerprint density at radius 3 is 2.35 bits per heavy atom. The normalized spacial score (nSPS) is 11.0. The van der Waals surface area contributed by atoms with E-state index in [1.165, 1.54) is 12.1 Å². The zero-order valence-electron chi connectivity index (χ0n) is 12.0. The standard InChI is InChI=1S/C15H15ClN2O4S/c16-12-6-8-13(9-7-12)18-15(19)22-11-10-17-23(20,21)14-4-2-1-3-5-14/h1-9,17H,10-11H2,(H,18,19). The van der Waals surface area contributed by atoms with Gasteiger partial charge in [0.05, 0.1) is 4.90 Å². The summed E-state index contributed by atoms with van der Waals surface area (Å²) in [6.45, 7) is -0.114. The maximum atomic E-state index is 11.9. The Hall–Kier alpha value is -2.09. The number of anilines is 1. The summed E-state index contributed by atoms with van der Waals surface area (Å²) in [5.41, 5.74) is 0.532. The van der Waals surface area contributed by atoms with Crippen molar-refractivity contribution >= 4 is 33.4 Å². The van der Waals surface area contributed by atoms with Gasteiger partial charge in [-0.05, 0) is 36.4 Å².